The Kier molecular flexibility index (Phi) is 6.12. The summed E-state index contributed by atoms with van der Waals surface area (Å²) in [6.07, 6.45) is 0.302. The van der Waals surface area contributed by atoms with Crippen LogP contribution < -0.4 is 15.6 Å². The van der Waals surface area contributed by atoms with Gasteiger partial charge in [0.05, 0.1) is 5.56 Å². The molecule has 0 saturated heterocycles. The van der Waals surface area contributed by atoms with Gasteiger partial charge in [0.25, 0.3) is 0 Å². The predicted molar refractivity (Wildman–Crippen MR) is 120 cm³/mol. The Balaban J connectivity index is 2.42. The number of hydrogen-bond acceptors (Lipinski definition) is 6. The Hall–Kier alpha value is -2.89. The molecule has 31 heavy (non-hydrogen) atoms. The van der Waals surface area contributed by atoms with Crippen molar-refractivity contribution in [3.05, 3.63) is 48.8 Å². The van der Waals surface area contributed by atoms with E-state index in [1.807, 2.05) is 48.5 Å². The van der Waals surface area contributed by atoms with Gasteiger partial charge in [-0.3, -0.25) is 14.4 Å². The van der Waals surface area contributed by atoms with Crippen LogP contribution >= 0.6 is 0 Å². The Morgan fingerprint density at radius 2 is 1.45 bits per heavy atom. The van der Waals surface area contributed by atoms with E-state index < -0.39 is 10.9 Å². The molecular weight excluding hydrogens is 396 g/mol. The normalized spacial score (nSPS) is 12.0. The number of carbonyl (C=O) groups is 1. The van der Waals surface area contributed by atoms with E-state index in [4.69, 9.17) is 13.6 Å². The summed E-state index contributed by atoms with van der Waals surface area (Å²) >= 11 is 0. The van der Waals surface area contributed by atoms with Gasteiger partial charge in [0, 0.05) is 17.5 Å². The SMILES string of the molecule is Cc1c2oc3c(C(C)C)c(OC(=O)CC(C)C)cc(C)c3oc-2c(C(C)C)c(=O)c1=O. The summed E-state index contributed by atoms with van der Waals surface area (Å²) in [5.41, 5.74) is 1.68. The monoisotopic (exact) mass is 426 g/mol. The van der Waals surface area contributed by atoms with Crippen molar-refractivity contribution in [2.24, 2.45) is 5.92 Å². The van der Waals surface area contributed by atoms with E-state index in [9.17, 15) is 14.4 Å². The van der Waals surface area contributed by atoms with E-state index in [0.29, 0.717) is 45.8 Å². The highest BCUT2D eigenvalue weighted by molar-refractivity contribution is 5.85. The van der Waals surface area contributed by atoms with E-state index >= 15 is 0 Å². The third kappa shape index (κ3) is 4.03. The van der Waals surface area contributed by atoms with Crippen molar-refractivity contribution in [3.8, 4) is 17.3 Å². The molecule has 0 radical (unpaired) electrons. The van der Waals surface area contributed by atoms with Crippen LogP contribution in [0.25, 0.3) is 22.7 Å². The number of rotatable bonds is 5. The van der Waals surface area contributed by atoms with Gasteiger partial charge in [0.15, 0.2) is 22.7 Å². The molecule has 0 spiro atoms. The largest absolute Gasteiger partial charge is 0.449 e. The van der Waals surface area contributed by atoms with Crippen molar-refractivity contribution in [2.45, 2.75) is 73.6 Å². The standard InChI is InChI=1S/C25H30O6/c1-11(2)9-17(26)29-16-10-14(7)22-24(18(16)12(3)4)31-23-15(8)20(27)21(28)19(13(5)6)25(23)30-22/h10-13H,9H2,1-8H3. The maximum Gasteiger partial charge on any atom is 0.311 e. The lowest BCUT2D eigenvalue weighted by Gasteiger charge is -2.20. The second kappa shape index (κ2) is 8.33. The summed E-state index contributed by atoms with van der Waals surface area (Å²) in [6.45, 7) is 14.9. The quantitative estimate of drug-likeness (QED) is 0.226. The number of fused-ring (bicyclic) bond motifs is 2. The van der Waals surface area contributed by atoms with E-state index in [0.717, 1.165) is 0 Å². The molecule has 0 N–H and O–H groups in total. The van der Waals surface area contributed by atoms with Gasteiger partial charge in [-0.2, -0.15) is 0 Å². The number of esters is 1. The molecular formula is C25H30O6. The van der Waals surface area contributed by atoms with E-state index in [-0.39, 0.29) is 35.0 Å². The molecule has 0 saturated carbocycles. The maximum atomic E-state index is 12.6. The predicted octanol–water partition coefficient (Wildman–Crippen LogP) is 5.67. The first-order chi connectivity index (χ1) is 14.4. The second-order valence-corrected chi connectivity index (χ2v) is 9.20. The molecule has 6 heteroatoms. The number of benzene rings is 2. The van der Waals surface area contributed by atoms with Crippen LogP contribution in [-0.2, 0) is 4.79 Å². The van der Waals surface area contributed by atoms with E-state index in [1.54, 1.807) is 13.0 Å². The fourth-order valence-electron chi connectivity index (χ4n) is 3.85. The third-order valence-corrected chi connectivity index (χ3v) is 5.37. The maximum absolute atomic E-state index is 12.6. The number of aryl methyl sites for hydroxylation is 1. The van der Waals surface area contributed by atoms with Crippen LogP contribution in [0, 0.1) is 19.8 Å². The van der Waals surface area contributed by atoms with Crippen LogP contribution in [0.15, 0.2) is 24.5 Å². The summed E-state index contributed by atoms with van der Waals surface area (Å²) in [5.74, 6) is 0.587. The molecule has 6 nitrogen and oxygen atoms in total. The van der Waals surface area contributed by atoms with Crippen LogP contribution in [0.3, 0.4) is 0 Å². The number of ether oxygens (including phenoxy) is 1. The molecule has 1 aromatic carbocycles. The molecule has 0 amide bonds. The molecule has 166 valence electrons. The Morgan fingerprint density at radius 1 is 0.871 bits per heavy atom. The van der Waals surface area contributed by atoms with Gasteiger partial charge in [-0.15, -0.1) is 0 Å². The minimum atomic E-state index is -0.586. The van der Waals surface area contributed by atoms with Crippen molar-refractivity contribution in [1.29, 1.82) is 0 Å². The minimum Gasteiger partial charge on any atom is -0.449 e. The van der Waals surface area contributed by atoms with Gasteiger partial charge in [-0.25, -0.2) is 0 Å². The molecule has 3 rings (SSSR count). The van der Waals surface area contributed by atoms with Gasteiger partial charge >= 0.3 is 5.97 Å². The van der Waals surface area contributed by atoms with Crippen LogP contribution in [0.5, 0.6) is 5.75 Å². The van der Waals surface area contributed by atoms with Crippen molar-refractivity contribution >= 4 is 17.1 Å². The van der Waals surface area contributed by atoms with Gasteiger partial charge in [-0.05, 0) is 43.2 Å². The van der Waals surface area contributed by atoms with Gasteiger partial charge < -0.3 is 13.6 Å². The molecule has 0 aromatic heterocycles. The van der Waals surface area contributed by atoms with Crippen molar-refractivity contribution < 1.29 is 18.4 Å². The zero-order chi connectivity index (χ0) is 23.2. The lowest BCUT2D eigenvalue weighted by Crippen LogP contribution is -2.31. The molecule has 0 fully saturated rings. The van der Waals surface area contributed by atoms with Gasteiger partial charge in [0.1, 0.15) is 5.75 Å². The van der Waals surface area contributed by atoms with Crippen molar-refractivity contribution in [2.75, 3.05) is 0 Å². The van der Waals surface area contributed by atoms with Crippen LogP contribution in [-0.4, -0.2) is 5.97 Å². The van der Waals surface area contributed by atoms with Gasteiger partial charge in [0.2, 0.25) is 10.9 Å². The van der Waals surface area contributed by atoms with Crippen molar-refractivity contribution in [3.63, 3.8) is 0 Å². The van der Waals surface area contributed by atoms with E-state index in [1.165, 1.54) is 0 Å². The van der Waals surface area contributed by atoms with Crippen LogP contribution in [0.2, 0.25) is 0 Å². The zero-order valence-corrected chi connectivity index (χ0v) is 19.5. The average Bonchev–Trinajstić information content (AvgIpc) is 2.64. The molecule has 1 heterocycles. The van der Waals surface area contributed by atoms with Crippen LogP contribution in [0.1, 0.15) is 82.1 Å². The van der Waals surface area contributed by atoms with Crippen LogP contribution in [0.4, 0.5) is 0 Å². The summed E-state index contributed by atoms with van der Waals surface area (Å²) in [6, 6.07) is 1.77. The van der Waals surface area contributed by atoms with E-state index in [2.05, 4.69) is 0 Å². The fraction of sp³-hybridized carbons (Fsp3) is 0.480. The highest BCUT2D eigenvalue weighted by Gasteiger charge is 2.29. The smallest absolute Gasteiger partial charge is 0.311 e. The number of hydrogen-bond donors (Lipinski definition) is 0. The topological polar surface area (TPSA) is 86.7 Å². The highest BCUT2D eigenvalue weighted by Crippen LogP contribution is 2.41. The molecule has 0 atom stereocenters. The first kappa shape index (κ1) is 22.8. The molecule has 0 unspecified atom stereocenters. The Labute approximate surface area is 181 Å². The van der Waals surface area contributed by atoms with Crippen molar-refractivity contribution in [1.82, 2.24) is 0 Å². The highest BCUT2D eigenvalue weighted by atomic mass is 16.5. The summed E-state index contributed by atoms with van der Waals surface area (Å²) in [7, 11) is 0. The number of carbonyl (C=O) groups excluding carboxylic acids is 1. The summed E-state index contributed by atoms with van der Waals surface area (Å²) in [5, 5.41) is 0. The van der Waals surface area contributed by atoms with Gasteiger partial charge in [-0.1, -0.05) is 41.5 Å². The lowest BCUT2D eigenvalue weighted by molar-refractivity contribution is -0.135. The first-order valence-corrected chi connectivity index (χ1v) is 10.7. The molecule has 1 aliphatic heterocycles. The Bertz CT molecular complexity index is 1240. The average molecular weight is 427 g/mol. The third-order valence-electron chi connectivity index (χ3n) is 5.37. The molecule has 0 bridgehead atoms. The fourth-order valence-corrected chi connectivity index (χ4v) is 3.85. The molecule has 2 aliphatic rings. The summed E-state index contributed by atoms with van der Waals surface area (Å²) < 4.78 is 18.2. The minimum absolute atomic E-state index is 0.0447. The molecule has 1 aliphatic carbocycles. The first-order valence-electron chi connectivity index (χ1n) is 10.7. The zero-order valence-electron chi connectivity index (χ0n) is 19.5. The second-order valence-electron chi connectivity index (χ2n) is 9.20. The Morgan fingerprint density at radius 3 is 2.00 bits per heavy atom. The molecule has 1 aromatic rings. The lowest BCUT2D eigenvalue weighted by atomic mass is 9.95. The summed E-state index contributed by atoms with van der Waals surface area (Å²) in [4.78, 5) is 37.6.